The molecule has 0 heterocycles. The van der Waals surface area contributed by atoms with E-state index in [9.17, 15) is 26.3 Å². The lowest BCUT2D eigenvalue weighted by Crippen LogP contribution is -2.50. The first-order valence-electron chi connectivity index (χ1n) is 4.01. The Hall–Kier alpha value is 0.470. The van der Waals surface area contributed by atoms with Crippen LogP contribution in [0.2, 0.25) is 0 Å². The molecular weight excluding hydrogens is 336 g/mol. The van der Waals surface area contributed by atoms with Crippen LogP contribution in [0.15, 0.2) is 0 Å². The Morgan fingerprint density at radius 2 is 1.56 bits per heavy atom. The van der Waals surface area contributed by atoms with E-state index in [2.05, 4.69) is 27.2 Å². The van der Waals surface area contributed by atoms with Crippen LogP contribution in [0.1, 0.15) is 6.92 Å². The lowest BCUT2D eigenvalue weighted by molar-refractivity contribution is -0.372. The van der Waals surface area contributed by atoms with E-state index in [4.69, 9.17) is 10.00 Å². The summed E-state index contributed by atoms with van der Waals surface area (Å²) in [5.41, 5.74) is 0. The van der Waals surface area contributed by atoms with Gasteiger partial charge in [-0.2, -0.15) is 17.6 Å². The highest BCUT2D eigenvalue weighted by Gasteiger charge is 2.64. The van der Waals surface area contributed by atoms with Crippen LogP contribution in [-0.2, 0) is 4.74 Å². The highest BCUT2D eigenvalue weighted by atomic mass is 35.9. The first kappa shape index (κ1) is 20.8. The molecule has 0 saturated carbocycles. The number of aliphatic hydroxyl groups is 1. The third-order valence-corrected chi connectivity index (χ3v) is 1.20. The molecule has 112 valence electrons. The number of hydrogen-bond donors (Lipinski definition) is 2. The lowest BCUT2D eigenvalue weighted by atomic mass is 10.3. The van der Waals surface area contributed by atoms with Gasteiger partial charge >= 0.3 is 18.5 Å². The minimum Gasteiger partial charge on any atom is -0.391 e. The highest BCUT2D eigenvalue weighted by Crippen LogP contribution is 2.41. The molecule has 0 spiro atoms. The summed E-state index contributed by atoms with van der Waals surface area (Å²) in [6.07, 6.45) is -11.7. The van der Waals surface area contributed by atoms with Crippen molar-refractivity contribution >= 4 is 29.3 Å². The number of halogens is 8. The molecule has 0 fully saturated rings. The number of alkyl halides is 6. The van der Waals surface area contributed by atoms with Gasteiger partial charge < -0.3 is 14.7 Å². The second-order valence-corrected chi connectivity index (χ2v) is 5.69. The molecule has 2 N–H and O–H groups in total. The second kappa shape index (κ2) is 8.60. The van der Waals surface area contributed by atoms with E-state index < -0.39 is 38.0 Å². The van der Waals surface area contributed by atoms with Gasteiger partial charge in [-0.3, -0.25) is 0 Å². The molecule has 2 atom stereocenters. The SMILES string of the molecule is CC(O)COC(F)(C(F)F)C(F)(F)F.OP(Cl)Cl. The van der Waals surface area contributed by atoms with Gasteiger partial charge in [-0.1, -0.05) is 0 Å². The minimum atomic E-state index is -5.84. The molecular formula is C6H9Cl2F6O3P. The number of ether oxygens (including phenoxy) is 1. The van der Waals surface area contributed by atoms with E-state index in [0.717, 1.165) is 6.92 Å². The van der Waals surface area contributed by atoms with Gasteiger partial charge in [0.2, 0.25) is 6.85 Å². The third-order valence-electron chi connectivity index (χ3n) is 1.20. The summed E-state index contributed by atoms with van der Waals surface area (Å²) in [6, 6.07) is 0. The lowest BCUT2D eigenvalue weighted by Gasteiger charge is -2.27. The number of rotatable bonds is 4. The van der Waals surface area contributed by atoms with E-state index in [1.54, 1.807) is 0 Å². The number of aliphatic hydroxyl groups excluding tert-OH is 1. The first-order chi connectivity index (χ1) is 7.84. The zero-order valence-corrected chi connectivity index (χ0v) is 11.0. The molecule has 3 nitrogen and oxygen atoms in total. The number of hydrogen-bond acceptors (Lipinski definition) is 3. The van der Waals surface area contributed by atoms with Crippen molar-refractivity contribution in [2.45, 2.75) is 31.5 Å². The van der Waals surface area contributed by atoms with Crippen molar-refractivity contribution in [1.29, 1.82) is 0 Å². The highest BCUT2D eigenvalue weighted by molar-refractivity contribution is 7.99. The molecule has 0 bridgehead atoms. The summed E-state index contributed by atoms with van der Waals surface area (Å²) in [5.74, 6) is -5.02. The Labute approximate surface area is 109 Å². The van der Waals surface area contributed by atoms with E-state index in [-0.39, 0.29) is 0 Å². The summed E-state index contributed by atoms with van der Waals surface area (Å²) in [4.78, 5) is 7.65. The standard InChI is InChI=1S/C6H8F6O2.Cl2HOP/c1-3(13)2-14-5(9,4(7)8)6(10,11)12;1-4(2)3/h3-4,13H,2H2,1H3;3H. The van der Waals surface area contributed by atoms with Crippen LogP contribution in [0.25, 0.3) is 0 Å². The molecule has 0 radical (unpaired) electrons. The third kappa shape index (κ3) is 8.55. The molecule has 18 heavy (non-hydrogen) atoms. The summed E-state index contributed by atoms with van der Waals surface area (Å²) < 4.78 is 74.6. The minimum absolute atomic E-state index is 0.974. The quantitative estimate of drug-likeness (QED) is 0.605. The maximum absolute atomic E-state index is 12.6. The Kier molecular flexibility index (Phi) is 9.93. The largest absolute Gasteiger partial charge is 0.454 e. The zero-order valence-electron chi connectivity index (χ0n) is 8.64. The van der Waals surface area contributed by atoms with E-state index in [1.807, 2.05) is 0 Å². The van der Waals surface area contributed by atoms with Crippen LogP contribution in [0, 0.1) is 0 Å². The molecule has 0 aliphatic heterocycles. The van der Waals surface area contributed by atoms with Crippen LogP contribution in [-0.4, -0.2) is 41.2 Å². The van der Waals surface area contributed by atoms with Crippen molar-refractivity contribution in [1.82, 2.24) is 0 Å². The van der Waals surface area contributed by atoms with Gasteiger partial charge in [0.05, 0.1) is 12.7 Å². The molecule has 0 aromatic rings. The summed E-state index contributed by atoms with van der Waals surface area (Å²) in [6.45, 7) is -1.87. The Morgan fingerprint density at radius 1 is 1.22 bits per heavy atom. The summed E-state index contributed by atoms with van der Waals surface area (Å²) in [7, 11) is 0. The maximum Gasteiger partial charge on any atom is 0.454 e. The summed E-state index contributed by atoms with van der Waals surface area (Å²) >= 11 is 9.32. The fourth-order valence-corrected chi connectivity index (χ4v) is 0.510. The topological polar surface area (TPSA) is 49.7 Å². The van der Waals surface area contributed by atoms with E-state index in [1.165, 1.54) is 0 Å². The van der Waals surface area contributed by atoms with Crippen molar-refractivity contribution in [3.05, 3.63) is 0 Å². The van der Waals surface area contributed by atoms with Gasteiger partial charge in [-0.15, -0.1) is 0 Å². The average Bonchev–Trinajstić information content (AvgIpc) is 2.10. The second-order valence-electron chi connectivity index (χ2n) is 2.82. The molecule has 0 rings (SSSR count). The average molecular weight is 345 g/mol. The fourth-order valence-electron chi connectivity index (χ4n) is 0.510. The molecule has 0 aliphatic carbocycles. The zero-order chi connectivity index (χ0) is 15.1. The summed E-state index contributed by atoms with van der Waals surface area (Å²) in [5, 5.41) is 8.46. The van der Waals surface area contributed by atoms with Crippen molar-refractivity contribution < 1.29 is 41.1 Å². The molecule has 0 aliphatic rings. The monoisotopic (exact) mass is 344 g/mol. The van der Waals surface area contributed by atoms with Crippen LogP contribution >= 0.6 is 29.3 Å². The van der Waals surface area contributed by atoms with Gasteiger partial charge in [0.1, 0.15) is 0 Å². The van der Waals surface area contributed by atoms with Gasteiger partial charge in [-0.25, -0.2) is 8.78 Å². The maximum atomic E-state index is 12.6. The van der Waals surface area contributed by atoms with Crippen molar-refractivity contribution in [2.24, 2.45) is 0 Å². The Balaban J connectivity index is 0. The molecule has 12 heteroatoms. The molecule has 2 unspecified atom stereocenters. The van der Waals surface area contributed by atoms with E-state index in [0.29, 0.717) is 0 Å². The predicted molar refractivity (Wildman–Crippen MR) is 54.4 cm³/mol. The normalized spacial score (nSPS) is 17.2. The van der Waals surface area contributed by atoms with Crippen molar-refractivity contribution in [2.75, 3.05) is 6.61 Å². The Morgan fingerprint density at radius 3 is 1.72 bits per heavy atom. The smallest absolute Gasteiger partial charge is 0.391 e. The van der Waals surface area contributed by atoms with Gasteiger partial charge in [0, 0.05) is 0 Å². The van der Waals surface area contributed by atoms with Crippen molar-refractivity contribution in [3.8, 4) is 0 Å². The van der Waals surface area contributed by atoms with Crippen LogP contribution in [0.4, 0.5) is 26.3 Å². The van der Waals surface area contributed by atoms with Crippen molar-refractivity contribution in [3.63, 3.8) is 0 Å². The van der Waals surface area contributed by atoms with E-state index >= 15 is 0 Å². The van der Waals surface area contributed by atoms with Gasteiger partial charge in [0.25, 0.3) is 0 Å². The van der Waals surface area contributed by atoms with Crippen LogP contribution < -0.4 is 0 Å². The van der Waals surface area contributed by atoms with Gasteiger partial charge in [-0.05, 0) is 29.4 Å². The fraction of sp³-hybridized carbons (Fsp3) is 1.00. The predicted octanol–water partition coefficient (Wildman–Crippen LogP) is 3.56. The molecule has 0 amide bonds. The first-order valence-corrected chi connectivity index (χ1v) is 7.11. The molecule has 0 aromatic carbocycles. The van der Waals surface area contributed by atoms with Crippen LogP contribution in [0.3, 0.4) is 0 Å². The van der Waals surface area contributed by atoms with Gasteiger partial charge in [0.15, 0.2) is 0 Å². The molecule has 0 saturated heterocycles. The molecule has 0 aromatic heterocycles. The Bertz CT molecular complexity index is 227. The van der Waals surface area contributed by atoms with Crippen LogP contribution in [0.5, 0.6) is 0 Å².